The molecule has 0 aromatic heterocycles. The van der Waals surface area contributed by atoms with Gasteiger partial charge in [0.15, 0.2) is 0 Å². The van der Waals surface area contributed by atoms with Crippen molar-refractivity contribution in [1.82, 2.24) is 5.32 Å². The summed E-state index contributed by atoms with van der Waals surface area (Å²) in [7, 11) is 0. The van der Waals surface area contributed by atoms with Crippen LogP contribution in [0.1, 0.15) is 45.1 Å². The number of hydrogen-bond acceptors (Lipinski definition) is 1. The van der Waals surface area contributed by atoms with E-state index in [1.165, 1.54) is 5.56 Å². The molecule has 0 aliphatic rings. The summed E-state index contributed by atoms with van der Waals surface area (Å²) in [5, 5.41) is 5.59. The minimum absolute atomic E-state index is 0.136. The third-order valence-electron chi connectivity index (χ3n) is 2.89. The number of anilines is 1. The van der Waals surface area contributed by atoms with Gasteiger partial charge in [-0.25, -0.2) is 4.79 Å². The van der Waals surface area contributed by atoms with Crippen LogP contribution < -0.4 is 10.6 Å². The molecule has 3 heteroatoms. The highest BCUT2D eigenvalue weighted by atomic mass is 16.2. The summed E-state index contributed by atoms with van der Waals surface area (Å²) in [5.74, 6) is 0.568. The Morgan fingerprint density at radius 1 is 1.24 bits per heavy atom. The van der Waals surface area contributed by atoms with Gasteiger partial charge in [-0.15, -0.1) is 0 Å². The van der Waals surface area contributed by atoms with Gasteiger partial charge in [-0.1, -0.05) is 32.9 Å². The molecule has 1 aromatic rings. The average molecular weight is 234 g/mol. The van der Waals surface area contributed by atoms with E-state index in [4.69, 9.17) is 0 Å². The van der Waals surface area contributed by atoms with Gasteiger partial charge in [-0.2, -0.15) is 0 Å². The van der Waals surface area contributed by atoms with Crippen molar-refractivity contribution in [2.75, 3.05) is 11.9 Å². The molecule has 0 saturated carbocycles. The van der Waals surface area contributed by atoms with Gasteiger partial charge in [0, 0.05) is 12.2 Å². The Labute approximate surface area is 104 Å². The molecule has 0 spiro atoms. The van der Waals surface area contributed by atoms with E-state index in [-0.39, 0.29) is 6.03 Å². The molecule has 94 valence electrons. The van der Waals surface area contributed by atoms with Gasteiger partial charge in [0.2, 0.25) is 0 Å². The highest BCUT2D eigenvalue weighted by Crippen LogP contribution is 2.20. The first-order valence-corrected chi connectivity index (χ1v) is 6.32. The molecular formula is C14H22N2O. The predicted octanol–water partition coefficient (Wildman–Crippen LogP) is 3.73. The van der Waals surface area contributed by atoms with E-state index in [0.29, 0.717) is 12.5 Å². The fourth-order valence-corrected chi connectivity index (χ4v) is 1.54. The summed E-state index contributed by atoms with van der Waals surface area (Å²) in [6.45, 7) is 7.11. The van der Waals surface area contributed by atoms with E-state index in [1.807, 2.05) is 19.1 Å². The van der Waals surface area contributed by atoms with Gasteiger partial charge < -0.3 is 10.6 Å². The summed E-state index contributed by atoms with van der Waals surface area (Å²) in [6, 6.07) is 7.91. The van der Waals surface area contributed by atoms with Crippen LogP contribution in [0, 0.1) is 0 Å². The molecule has 0 unspecified atom stereocenters. The maximum absolute atomic E-state index is 11.4. The number of urea groups is 1. The number of rotatable bonds is 5. The second-order valence-electron chi connectivity index (χ2n) is 4.31. The number of nitrogens with one attached hydrogen (secondary N) is 2. The van der Waals surface area contributed by atoms with Crippen molar-refractivity contribution in [3.63, 3.8) is 0 Å². The molecule has 2 amide bonds. The van der Waals surface area contributed by atoms with Gasteiger partial charge in [0.05, 0.1) is 0 Å². The van der Waals surface area contributed by atoms with Crippen LogP contribution in [0.5, 0.6) is 0 Å². The van der Waals surface area contributed by atoms with Crippen molar-refractivity contribution in [1.29, 1.82) is 0 Å². The van der Waals surface area contributed by atoms with Crippen LogP contribution in [0.15, 0.2) is 24.3 Å². The molecule has 0 bridgehead atoms. The SMILES string of the molecule is CCCNC(=O)Nc1ccc([C@@H](C)CC)cc1. The van der Waals surface area contributed by atoms with Crippen LogP contribution in [-0.4, -0.2) is 12.6 Å². The molecule has 0 aliphatic heterocycles. The summed E-state index contributed by atoms with van der Waals surface area (Å²) >= 11 is 0. The fraction of sp³-hybridized carbons (Fsp3) is 0.500. The van der Waals surface area contributed by atoms with E-state index in [0.717, 1.165) is 18.5 Å². The zero-order valence-electron chi connectivity index (χ0n) is 10.9. The normalized spacial score (nSPS) is 11.9. The van der Waals surface area contributed by atoms with E-state index in [2.05, 4.69) is 36.6 Å². The standard InChI is InChI=1S/C14H22N2O/c1-4-10-15-14(17)16-13-8-6-12(7-9-13)11(3)5-2/h6-9,11H,4-5,10H2,1-3H3,(H2,15,16,17)/t11-/m0/s1. The van der Waals surface area contributed by atoms with Gasteiger partial charge in [0.1, 0.15) is 0 Å². The summed E-state index contributed by atoms with van der Waals surface area (Å²) in [6.07, 6.45) is 2.07. The molecule has 0 radical (unpaired) electrons. The predicted molar refractivity (Wildman–Crippen MR) is 72.5 cm³/mol. The van der Waals surface area contributed by atoms with Crippen LogP contribution in [0.2, 0.25) is 0 Å². The highest BCUT2D eigenvalue weighted by Gasteiger charge is 2.03. The lowest BCUT2D eigenvalue weighted by atomic mass is 9.99. The molecule has 0 aliphatic carbocycles. The molecule has 0 saturated heterocycles. The van der Waals surface area contributed by atoms with E-state index >= 15 is 0 Å². The minimum atomic E-state index is -0.136. The van der Waals surface area contributed by atoms with Gasteiger partial charge in [0.25, 0.3) is 0 Å². The van der Waals surface area contributed by atoms with Crippen LogP contribution in [0.3, 0.4) is 0 Å². The van der Waals surface area contributed by atoms with Crippen molar-refractivity contribution in [3.8, 4) is 0 Å². The lowest BCUT2D eigenvalue weighted by Crippen LogP contribution is -2.29. The summed E-state index contributed by atoms with van der Waals surface area (Å²) < 4.78 is 0. The van der Waals surface area contributed by atoms with Crippen LogP contribution >= 0.6 is 0 Å². The van der Waals surface area contributed by atoms with Crippen molar-refractivity contribution < 1.29 is 4.79 Å². The first-order valence-electron chi connectivity index (χ1n) is 6.32. The van der Waals surface area contributed by atoms with Crippen molar-refractivity contribution in [3.05, 3.63) is 29.8 Å². The lowest BCUT2D eigenvalue weighted by Gasteiger charge is -2.10. The topological polar surface area (TPSA) is 41.1 Å². The molecule has 3 nitrogen and oxygen atoms in total. The molecule has 1 atom stereocenters. The molecular weight excluding hydrogens is 212 g/mol. The second kappa shape index (κ2) is 6.94. The first kappa shape index (κ1) is 13.6. The Bertz CT molecular complexity index is 346. The molecule has 0 fully saturated rings. The van der Waals surface area contributed by atoms with Gasteiger partial charge >= 0.3 is 6.03 Å². The maximum Gasteiger partial charge on any atom is 0.319 e. The monoisotopic (exact) mass is 234 g/mol. The Morgan fingerprint density at radius 2 is 1.88 bits per heavy atom. The van der Waals surface area contributed by atoms with Crippen LogP contribution in [-0.2, 0) is 0 Å². The van der Waals surface area contributed by atoms with E-state index in [1.54, 1.807) is 0 Å². The molecule has 1 rings (SSSR count). The number of carbonyl (C=O) groups is 1. The van der Waals surface area contributed by atoms with Crippen LogP contribution in [0.25, 0.3) is 0 Å². The Morgan fingerprint density at radius 3 is 2.41 bits per heavy atom. The number of hydrogen-bond donors (Lipinski definition) is 2. The van der Waals surface area contributed by atoms with Crippen molar-refractivity contribution >= 4 is 11.7 Å². The highest BCUT2D eigenvalue weighted by molar-refractivity contribution is 5.89. The molecule has 2 N–H and O–H groups in total. The molecule has 1 aromatic carbocycles. The summed E-state index contributed by atoms with van der Waals surface area (Å²) in [4.78, 5) is 11.4. The lowest BCUT2D eigenvalue weighted by molar-refractivity contribution is 0.252. The Hall–Kier alpha value is -1.51. The zero-order chi connectivity index (χ0) is 12.7. The van der Waals surface area contributed by atoms with Crippen molar-refractivity contribution in [2.24, 2.45) is 0 Å². The largest absolute Gasteiger partial charge is 0.338 e. The summed E-state index contributed by atoms with van der Waals surface area (Å²) in [5.41, 5.74) is 2.15. The number of benzene rings is 1. The number of amides is 2. The average Bonchev–Trinajstić information content (AvgIpc) is 2.36. The van der Waals surface area contributed by atoms with Crippen molar-refractivity contribution in [2.45, 2.75) is 39.5 Å². The smallest absolute Gasteiger partial charge is 0.319 e. The van der Waals surface area contributed by atoms with E-state index in [9.17, 15) is 4.79 Å². The first-order chi connectivity index (χ1) is 8.17. The fourth-order valence-electron chi connectivity index (χ4n) is 1.54. The minimum Gasteiger partial charge on any atom is -0.338 e. The third-order valence-corrected chi connectivity index (χ3v) is 2.89. The number of carbonyl (C=O) groups excluding carboxylic acids is 1. The quantitative estimate of drug-likeness (QED) is 0.800. The molecule has 17 heavy (non-hydrogen) atoms. The maximum atomic E-state index is 11.4. The van der Waals surface area contributed by atoms with Crippen LogP contribution in [0.4, 0.5) is 10.5 Å². The van der Waals surface area contributed by atoms with Gasteiger partial charge in [-0.05, 0) is 36.5 Å². The van der Waals surface area contributed by atoms with Gasteiger partial charge in [-0.3, -0.25) is 0 Å². The Balaban J connectivity index is 2.53. The van der Waals surface area contributed by atoms with E-state index < -0.39 is 0 Å². The molecule has 0 heterocycles. The Kier molecular flexibility index (Phi) is 5.53. The zero-order valence-corrected chi connectivity index (χ0v) is 10.9. The second-order valence-corrected chi connectivity index (χ2v) is 4.31. The third kappa shape index (κ3) is 4.47.